The molecular weight excluding hydrogens is 254 g/mol. The Hall–Kier alpha value is -0.650. The van der Waals surface area contributed by atoms with Crippen molar-refractivity contribution in [2.75, 3.05) is 32.7 Å². The lowest BCUT2D eigenvalue weighted by atomic mass is 9.97. The molecule has 2 rings (SSSR count). The summed E-state index contributed by atoms with van der Waals surface area (Å²) in [5, 5.41) is 12.8. The van der Waals surface area contributed by atoms with E-state index in [4.69, 9.17) is 0 Å². The second kappa shape index (κ2) is 6.41. The number of piperazine rings is 1. The Kier molecular flexibility index (Phi) is 5.04. The van der Waals surface area contributed by atoms with Crippen LogP contribution in [0.1, 0.15) is 40.0 Å². The van der Waals surface area contributed by atoms with Crippen LogP contribution in [0.15, 0.2) is 0 Å². The number of hydrogen-bond acceptors (Lipinski definition) is 4. The molecule has 2 aliphatic rings. The maximum Gasteiger partial charge on any atom is 0.323 e. The van der Waals surface area contributed by atoms with Gasteiger partial charge >= 0.3 is 5.97 Å². The molecule has 3 unspecified atom stereocenters. The largest absolute Gasteiger partial charge is 0.480 e. The molecule has 20 heavy (non-hydrogen) atoms. The Bertz CT molecular complexity index is 350. The zero-order valence-corrected chi connectivity index (χ0v) is 13.1. The van der Waals surface area contributed by atoms with Gasteiger partial charge in [0.1, 0.15) is 5.54 Å². The SMILES string of the molecule is CCNC1(C(=O)O)CCC(N2CCN(CC)C(C)C2)C1. The van der Waals surface area contributed by atoms with E-state index >= 15 is 0 Å². The fourth-order valence-corrected chi connectivity index (χ4v) is 3.92. The van der Waals surface area contributed by atoms with E-state index in [-0.39, 0.29) is 0 Å². The number of likely N-dealkylation sites (N-methyl/N-ethyl adjacent to an activating group) is 2. The van der Waals surface area contributed by atoms with E-state index in [1.54, 1.807) is 0 Å². The van der Waals surface area contributed by atoms with Gasteiger partial charge in [0.05, 0.1) is 0 Å². The molecule has 0 bridgehead atoms. The maximum absolute atomic E-state index is 11.6. The number of hydrogen-bond donors (Lipinski definition) is 2. The van der Waals surface area contributed by atoms with Crippen LogP contribution < -0.4 is 5.32 Å². The lowest BCUT2D eigenvalue weighted by Gasteiger charge is -2.42. The number of aliphatic carboxylic acids is 1. The first-order chi connectivity index (χ1) is 9.52. The standard InChI is InChI=1S/C15H29N3O2/c1-4-16-15(14(19)20)7-6-13(10-15)18-9-8-17(5-2)12(3)11-18/h12-13,16H,4-11H2,1-3H3,(H,19,20). The predicted octanol–water partition coefficient (Wildman–Crippen LogP) is 0.998. The summed E-state index contributed by atoms with van der Waals surface area (Å²) in [5.41, 5.74) is -0.690. The van der Waals surface area contributed by atoms with Crippen molar-refractivity contribution < 1.29 is 9.90 Å². The van der Waals surface area contributed by atoms with E-state index in [0.717, 1.165) is 52.0 Å². The topological polar surface area (TPSA) is 55.8 Å². The molecule has 1 heterocycles. The molecule has 0 spiro atoms. The monoisotopic (exact) mass is 283 g/mol. The third kappa shape index (κ3) is 3.00. The highest BCUT2D eigenvalue weighted by Crippen LogP contribution is 2.34. The second-order valence-corrected chi connectivity index (χ2v) is 6.29. The number of nitrogens with one attached hydrogen (secondary N) is 1. The van der Waals surface area contributed by atoms with Gasteiger partial charge in [-0.05, 0) is 39.3 Å². The zero-order valence-electron chi connectivity index (χ0n) is 13.1. The number of rotatable bonds is 5. The number of carbonyl (C=O) groups is 1. The molecule has 2 fully saturated rings. The van der Waals surface area contributed by atoms with Crippen molar-refractivity contribution in [3.05, 3.63) is 0 Å². The maximum atomic E-state index is 11.6. The van der Waals surface area contributed by atoms with Gasteiger partial charge in [-0.1, -0.05) is 13.8 Å². The molecule has 1 saturated heterocycles. The summed E-state index contributed by atoms with van der Waals surface area (Å²) >= 11 is 0. The van der Waals surface area contributed by atoms with Crippen LogP contribution in [0.3, 0.4) is 0 Å². The summed E-state index contributed by atoms with van der Waals surface area (Å²) in [6.45, 7) is 11.6. The van der Waals surface area contributed by atoms with E-state index in [1.807, 2.05) is 6.92 Å². The van der Waals surface area contributed by atoms with Gasteiger partial charge in [0.25, 0.3) is 0 Å². The Labute approximate surface area is 122 Å². The summed E-state index contributed by atoms with van der Waals surface area (Å²) < 4.78 is 0. The van der Waals surface area contributed by atoms with Crippen molar-refractivity contribution >= 4 is 5.97 Å². The van der Waals surface area contributed by atoms with Gasteiger partial charge in [-0.3, -0.25) is 14.6 Å². The minimum Gasteiger partial charge on any atom is -0.480 e. The summed E-state index contributed by atoms with van der Waals surface area (Å²) in [4.78, 5) is 16.6. The average Bonchev–Trinajstić information content (AvgIpc) is 2.85. The average molecular weight is 283 g/mol. The third-order valence-electron chi connectivity index (χ3n) is 5.13. The first kappa shape index (κ1) is 15.7. The van der Waals surface area contributed by atoms with Crippen LogP contribution >= 0.6 is 0 Å². The molecule has 0 amide bonds. The molecule has 1 saturated carbocycles. The zero-order chi connectivity index (χ0) is 14.8. The quantitative estimate of drug-likeness (QED) is 0.788. The molecule has 0 aromatic rings. The molecule has 1 aliphatic carbocycles. The summed E-state index contributed by atoms with van der Waals surface area (Å²) in [7, 11) is 0. The molecule has 116 valence electrons. The van der Waals surface area contributed by atoms with Gasteiger partial charge in [-0.25, -0.2) is 0 Å². The van der Waals surface area contributed by atoms with E-state index in [0.29, 0.717) is 12.1 Å². The number of carboxylic acid groups (broad SMARTS) is 1. The third-order valence-corrected chi connectivity index (χ3v) is 5.13. The van der Waals surface area contributed by atoms with Crippen molar-refractivity contribution in [2.45, 2.75) is 57.7 Å². The Morgan fingerprint density at radius 2 is 2.15 bits per heavy atom. The Morgan fingerprint density at radius 1 is 1.40 bits per heavy atom. The lowest BCUT2D eigenvalue weighted by Crippen LogP contribution is -2.56. The Morgan fingerprint density at radius 3 is 2.70 bits per heavy atom. The summed E-state index contributed by atoms with van der Waals surface area (Å²) in [6, 6.07) is 0.999. The van der Waals surface area contributed by atoms with Crippen molar-refractivity contribution in [1.29, 1.82) is 0 Å². The number of carboxylic acids is 1. The minimum absolute atomic E-state index is 0.423. The Balaban J connectivity index is 1.97. The lowest BCUT2D eigenvalue weighted by molar-refractivity contribution is -0.144. The van der Waals surface area contributed by atoms with Crippen LogP contribution in [0.4, 0.5) is 0 Å². The smallest absolute Gasteiger partial charge is 0.323 e. The minimum atomic E-state index is -0.690. The van der Waals surface area contributed by atoms with Crippen LogP contribution in [-0.2, 0) is 4.79 Å². The van der Waals surface area contributed by atoms with Crippen molar-refractivity contribution in [3.8, 4) is 0 Å². The van der Waals surface area contributed by atoms with Gasteiger partial charge in [0, 0.05) is 31.7 Å². The molecule has 0 radical (unpaired) electrons. The van der Waals surface area contributed by atoms with E-state index < -0.39 is 11.5 Å². The fraction of sp³-hybridized carbons (Fsp3) is 0.933. The molecular formula is C15H29N3O2. The van der Waals surface area contributed by atoms with Gasteiger partial charge in [-0.2, -0.15) is 0 Å². The van der Waals surface area contributed by atoms with Gasteiger partial charge < -0.3 is 10.4 Å². The van der Waals surface area contributed by atoms with Gasteiger partial charge in [0.2, 0.25) is 0 Å². The molecule has 0 aromatic heterocycles. The van der Waals surface area contributed by atoms with Crippen molar-refractivity contribution in [3.63, 3.8) is 0 Å². The van der Waals surface area contributed by atoms with E-state index in [2.05, 4.69) is 29.0 Å². The van der Waals surface area contributed by atoms with E-state index in [9.17, 15) is 9.90 Å². The number of nitrogens with zero attached hydrogens (tertiary/aromatic N) is 2. The molecule has 5 nitrogen and oxygen atoms in total. The highest BCUT2D eigenvalue weighted by Gasteiger charge is 2.47. The van der Waals surface area contributed by atoms with Crippen LogP contribution in [0.2, 0.25) is 0 Å². The first-order valence-electron chi connectivity index (χ1n) is 7.99. The molecule has 3 atom stereocenters. The van der Waals surface area contributed by atoms with Gasteiger partial charge in [-0.15, -0.1) is 0 Å². The fourth-order valence-electron chi connectivity index (χ4n) is 3.92. The molecule has 1 aliphatic heterocycles. The first-order valence-corrected chi connectivity index (χ1v) is 7.99. The van der Waals surface area contributed by atoms with Crippen LogP contribution in [0.5, 0.6) is 0 Å². The second-order valence-electron chi connectivity index (χ2n) is 6.29. The molecule has 5 heteroatoms. The summed E-state index contributed by atoms with van der Waals surface area (Å²) in [6.07, 6.45) is 2.50. The van der Waals surface area contributed by atoms with E-state index in [1.165, 1.54) is 0 Å². The van der Waals surface area contributed by atoms with Crippen LogP contribution in [-0.4, -0.2) is 71.2 Å². The molecule has 0 aromatic carbocycles. The summed E-state index contributed by atoms with van der Waals surface area (Å²) in [5.74, 6) is -0.679. The predicted molar refractivity (Wildman–Crippen MR) is 80.0 cm³/mol. The highest BCUT2D eigenvalue weighted by molar-refractivity contribution is 5.79. The van der Waals surface area contributed by atoms with Crippen LogP contribution in [0.25, 0.3) is 0 Å². The highest BCUT2D eigenvalue weighted by atomic mass is 16.4. The van der Waals surface area contributed by atoms with Gasteiger partial charge in [0.15, 0.2) is 0 Å². The van der Waals surface area contributed by atoms with Crippen molar-refractivity contribution in [1.82, 2.24) is 15.1 Å². The van der Waals surface area contributed by atoms with Crippen LogP contribution in [0, 0.1) is 0 Å². The molecule has 2 N–H and O–H groups in total. The van der Waals surface area contributed by atoms with Crippen molar-refractivity contribution in [2.24, 2.45) is 0 Å². The normalized spacial score (nSPS) is 36.4.